The van der Waals surface area contributed by atoms with Crippen LogP contribution in [0.5, 0.6) is 5.75 Å². The largest absolute Gasteiger partial charge is 0.426 e. The van der Waals surface area contributed by atoms with Gasteiger partial charge in [0.2, 0.25) is 0 Å². The van der Waals surface area contributed by atoms with Gasteiger partial charge < -0.3 is 3.07 Å². The van der Waals surface area contributed by atoms with Crippen molar-refractivity contribution < 1.29 is 11.5 Å². The topological polar surface area (TPSA) is 43.4 Å². The molecule has 0 bridgehead atoms. The molecule has 0 spiro atoms. The molecule has 0 amide bonds. The van der Waals surface area contributed by atoms with Crippen LogP contribution in [0.1, 0.15) is 20.8 Å². The number of hydrogen-bond acceptors (Lipinski definition) is 3. The quantitative estimate of drug-likeness (QED) is 0.778. The maximum Gasteiger partial charge on any atom is 0.192 e. The highest BCUT2D eigenvalue weighted by molar-refractivity contribution is 14.1. The van der Waals surface area contributed by atoms with E-state index in [-0.39, 0.29) is 4.90 Å². The van der Waals surface area contributed by atoms with E-state index in [4.69, 9.17) is 3.07 Å². The number of halogens is 1. The van der Waals surface area contributed by atoms with Gasteiger partial charge in [-0.25, -0.2) is 8.42 Å². The number of rotatable bonds is 2. The number of benzene rings is 1. The molecule has 1 aromatic rings. The van der Waals surface area contributed by atoms with Crippen LogP contribution in [0.3, 0.4) is 0 Å². The lowest BCUT2D eigenvalue weighted by Gasteiger charge is -2.20. The average molecular weight is 340 g/mol. The Morgan fingerprint density at radius 2 is 1.73 bits per heavy atom. The van der Waals surface area contributed by atoms with Crippen molar-refractivity contribution in [2.24, 2.45) is 0 Å². The summed E-state index contributed by atoms with van der Waals surface area (Å²) in [6.07, 6.45) is 0. The SMILES string of the molecule is CC(C)(C)S(=O)(=O)c1ccccc1OI. The van der Waals surface area contributed by atoms with E-state index in [1.165, 1.54) is 0 Å². The van der Waals surface area contributed by atoms with Crippen LogP contribution < -0.4 is 3.07 Å². The van der Waals surface area contributed by atoms with E-state index < -0.39 is 14.6 Å². The van der Waals surface area contributed by atoms with Crippen LogP contribution in [0.4, 0.5) is 0 Å². The lowest BCUT2D eigenvalue weighted by atomic mass is 10.3. The summed E-state index contributed by atoms with van der Waals surface area (Å²) in [4.78, 5) is 0.243. The molecule has 0 aliphatic rings. The predicted molar refractivity (Wildman–Crippen MR) is 68.0 cm³/mol. The molecule has 0 unspecified atom stereocenters. The summed E-state index contributed by atoms with van der Waals surface area (Å²) in [5, 5.41) is 0. The van der Waals surface area contributed by atoms with Gasteiger partial charge in [-0.05, 0) is 32.9 Å². The summed E-state index contributed by atoms with van der Waals surface area (Å²) in [6, 6.07) is 6.65. The van der Waals surface area contributed by atoms with E-state index in [0.717, 1.165) is 0 Å². The molecule has 3 nitrogen and oxygen atoms in total. The average Bonchev–Trinajstić information content (AvgIpc) is 2.16. The standard InChI is InChI=1S/C10H13IO3S/c1-10(2,3)15(12,13)9-7-5-4-6-8(9)14-11/h4-7H,1-3H3. The van der Waals surface area contributed by atoms with Gasteiger partial charge in [-0.2, -0.15) is 0 Å². The molecular formula is C10H13IO3S. The summed E-state index contributed by atoms with van der Waals surface area (Å²) in [5.74, 6) is 0.382. The zero-order chi connectivity index (χ0) is 11.7. The first kappa shape index (κ1) is 12.8. The van der Waals surface area contributed by atoms with E-state index in [1.807, 2.05) is 0 Å². The van der Waals surface area contributed by atoms with E-state index in [1.54, 1.807) is 68.0 Å². The van der Waals surface area contributed by atoms with Crippen LogP contribution in [-0.4, -0.2) is 13.2 Å². The maximum absolute atomic E-state index is 12.2. The van der Waals surface area contributed by atoms with Gasteiger partial charge in [0.25, 0.3) is 0 Å². The summed E-state index contributed by atoms with van der Waals surface area (Å²) >= 11 is 1.68. The minimum absolute atomic E-state index is 0.243. The first-order chi connectivity index (χ1) is 6.80. The second-order valence-electron chi connectivity index (χ2n) is 4.14. The second-order valence-corrected chi connectivity index (χ2v) is 7.25. The Hall–Kier alpha value is -0.300. The van der Waals surface area contributed by atoms with Gasteiger partial charge in [-0.15, -0.1) is 0 Å². The van der Waals surface area contributed by atoms with Crippen LogP contribution >= 0.6 is 23.0 Å². The lowest BCUT2D eigenvalue weighted by Crippen LogP contribution is -2.28. The van der Waals surface area contributed by atoms with Crippen molar-refractivity contribution in [1.82, 2.24) is 0 Å². The summed E-state index contributed by atoms with van der Waals surface area (Å²) in [6.45, 7) is 5.02. The molecule has 0 fully saturated rings. The first-order valence-corrected chi connectivity index (χ1v) is 6.79. The minimum atomic E-state index is -3.35. The Bertz CT molecular complexity index is 446. The van der Waals surface area contributed by atoms with Crippen molar-refractivity contribution in [3.8, 4) is 5.75 Å². The molecule has 1 aromatic carbocycles. The van der Waals surface area contributed by atoms with Crippen LogP contribution in [0.2, 0.25) is 0 Å². The Morgan fingerprint density at radius 1 is 1.20 bits per heavy atom. The fourth-order valence-corrected chi connectivity index (χ4v) is 2.89. The van der Waals surface area contributed by atoms with Gasteiger partial charge >= 0.3 is 0 Å². The number of hydrogen-bond donors (Lipinski definition) is 0. The predicted octanol–water partition coefficient (Wildman–Crippen LogP) is 2.99. The van der Waals surface area contributed by atoms with Crippen LogP contribution in [0.25, 0.3) is 0 Å². The molecule has 1 rings (SSSR count). The molecule has 0 N–H and O–H groups in total. The molecule has 0 aliphatic heterocycles. The number of para-hydroxylation sites is 1. The van der Waals surface area contributed by atoms with Gasteiger partial charge in [0, 0.05) is 0 Å². The fourth-order valence-electron chi connectivity index (χ4n) is 1.07. The van der Waals surface area contributed by atoms with Crippen molar-refractivity contribution in [3.05, 3.63) is 24.3 Å². The molecular weight excluding hydrogens is 327 g/mol. The Labute approximate surface area is 104 Å². The zero-order valence-corrected chi connectivity index (χ0v) is 11.8. The highest BCUT2D eigenvalue weighted by Crippen LogP contribution is 2.32. The summed E-state index contributed by atoms with van der Waals surface area (Å²) in [7, 11) is -3.35. The third-order valence-electron chi connectivity index (χ3n) is 2.03. The van der Waals surface area contributed by atoms with Crippen molar-refractivity contribution in [1.29, 1.82) is 0 Å². The normalized spacial score (nSPS) is 12.5. The van der Waals surface area contributed by atoms with Crippen molar-refractivity contribution in [2.75, 3.05) is 0 Å². The maximum atomic E-state index is 12.2. The second kappa shape index (κ2) is 4.29. The monoisotopic (exact) mass is 340 g/mol. The summed E-state index contributed by atoms with van der Waals surface area (Å²) < 4.78 is 28.5. The molecule has 0 aliphatic carbocycles. The van der Waals surface area contributed by atoms with Crippen LogP contribution in [-0.2, 0) is 9.84 Å². The molecule has 0 aromatic heterocycles. The third kappa shape index (κ3) is 2.44. The minimum Gasteiger partial charge on any atom is -0.426 e. The molecule has 5 heteroatoms. The van der Waals surface area contributed by atoms with Crippen LogP contribution in [0, 0.1) is 0 Å². The van der Waals surface area contributed by atoms with Gasteiger partial charge in [-0.3, -0.25) is 0 Å². The fraction of sp³-hybridized carbons (Fsp3) is 0.400. The lowest BCUT2D eigenvalue weighted by molar-refractivity contribution is 0.555. The molecule has 0 saturated heterocycles. The number of sulfone groups is 1. The Kier molecular flexibility index (Phi) is 3.65. The Morgan fingerprint density at radius 3 is 2.20 bits per heavy atom. The van der Waals surface area contributed by atoms with Crippen LogP contribution in [0.15, 0.2) is 29.2 Å². The molecule has 15 heavy (non-hydrogen) atoms. The van der Waals surface area contributed by atoms with Crippen molar-refractivity contribution in [2.45, 2.75) is 30.4 Å². The third-order valence-corrected chi connectivity index (χ3v) is 5.03. The molecule has 0 saturated carbocycles. The smallest absolute Gasteiger partial charge is 0.192 e. The van der Waals surface area contributed by atoms with Crippen molar-refractivity contribution in [3.63, 3.8) is 0 Å². The Balaban J connectivity index is 3.41. The molecule has 84 valence electrons. The van der Waals surface area contributed by atoms with Gasteiger partial charge in [-0.1, -0.05) is 12.1 Å². The van der Waals surface area contributed by atoms with Crippen molar-refractivity contribution >= 4 is 32.8 Å². The van der Waals surface area contributed by atoms with Gasteiger partial charge in [0.1, 0.15) is 4.90 Å². The summed E-state index contributed by atoms with van der Waals surface area (Å²) in [5.41, 5.74) is 0. The van der Waals surface area contributed by atoms with E-state index in [0.29, 0.717) is 5.75 Å². The van der Waals surface area contributed by atoms with E-state index in [9.17, 15) is 8.42 Å². The highest BCUT2D eigenvalue weighted by atomic mass is 127. The van der Waals surface area contributed by atoms with E-state index >= 15 is 0 Å². The highest BCUT2D eigenvalue weighted by Gasteiger charge is 2.33. The zero-order valence-electron chi connectivity index (χ0n) is 8.82. The first-order valence-electron chi connectivity index (χ1n) is 4.43. The van der Waals surface area contributed by atoms with Gasteiger partial charge in [0.05, 0.1) is 4.75 Å². The van der Waals surface area contributed by atoms with E-state index in [2.05, 4.69) is 0 Å². The molecule has 0 atom stereocenters. The molecule has 0 heterocycles. The molecule has 0 radical (unpaired) electrons. The van der Waals surface area contributed by atoms with Gasteiger partial charge in [0.15, 0.2) is 38.6 Å².